The number of aryl methyl sites for hydroxylation is 1. The molecule has 0 aliphatic rings. The Kier molecular flexibility index (Phi) is 6.37. The molecule has 86 valence electrons. The van der Waals surface area contributed by atoms with Gasteiger partial charge in [-0.3, -0.25) is 0 Å². The van der Waals surface area contributed by atoms with E-state index in [0.717, 1.165) is 18.6 Å². The predicted octanol–water partition coefficient (Wildman–Crippen LogP) is 2.57. The lowest BCUT2D eigenvalue weighted by Gasteiger charge is -2.11. The molecule has 0 spiro atoms. The van der Waals surface area contributed by atoms with Gasteiger partial charge in [0.1, 0.15) is 5.75 Å². The van der Waals surface area contributed by atoms with Crippen molar-refractivity contribution in [2.45, 2.75) is 32.7 Å². The summed E-state index contributed by atoms with van der Waals surface area (Å²) in [5.41, 5.74) is 8.33. The molecule has 15 heavy (non-hydrogen) atoms. The van der Waals surface area contributed by atoms with Gasteiger partial charge in [0.2, 0.25) is 0 Å². The number of benzene rings is 1. The molecule has 0 aliphatic carbocycles. The molecule has 0 aliphatic heterocycles. The zero-order valence-electron chi connectivity index (χ0n) is 9.62. The van der Waals surface area contributed by atoms with E-state index in [1.807, 2.05) is 13.0 Å². The Balaban J connectivity index is 0.00000196. The van der Waals surface area contributed by atoms with Crippen molar-refractivity contribution in [3.05, 3.63) is 29.3 Å². The van der Waals surface area contributed by atoms with Gasteiger partial charge >= 0.3 is 0 Å². The second kappa shape index (κ2) is 6.70. The van der Waals surface area contributed by atoms with E-state index in [2.05, 4.69) is 19.1 Å². The van der Waals surface area contributed by atoms with E-state index in [9.17, 15) is 0 Å². The lowest BCUT2D eigenvalue weighted by atomic mass is 10.0. The Hall–Kier alpha value is -0.730. The minimum absolute atomic E-state index is 0. The Labute approximate surface area is 98.2 Å². The summed E-state index contributed by atoms with van der Waals surface area (Å²) in [6.07, 6.45) is 1.92. The van der Waals surface area contributed by atoms with Gasteiger partial charge in [-0.1, -0.05) is 19.1 Å². The number of methoxy groups -OCH3 is 1. The van der Waals surface area contributed by atoms with Crippen molar-refractivity contribution >= 4 is 12.4 Å². The number of halogens is 1. The summed E-state index contributed by atoms with van der Waals surface area (Å²) in [5.74, 6) is 0.944. The van der Waals surface area contributed by atoms with E-state index in [0.29, 0.717) is 0 Å². The van der Waals surface area contributed by atoms with Crippen LogP contribution in [0.25, 0.3) is 0 Å². The molecule has 1 aromatic carbocycles. The third-order valence-electron chi connectivity index (χ3n) is 2.29. The molecule has 0 fully saturated rings. The highest BCUT2D eigenvalue weighted by Gasteiger charge is 2.05. The van der Waals surface area contributed by atoms with Crippen LogP contribution in [0, 0.1) is 0 Å². The van der Waals surface area contributed by atoms with Crippen molar-refractivity contribution < 1.29 is 4.74 Å². The largest absolute Gasteiger partial charge is 0.496 e. The van der Waals surface area contributed by atoms with Crippen molar-refractivity contribution in [3.8, 4) is 5.75 Å². The standard InChI is InChI=1S/C12H19NO.ClH/c1-4-10-5-6-12(14-3)11(8-10)7-9(2)13;/h5-6,8-9H,4,7,13H2,1-3H3;1H. The zero-order valence-corrected chi connectivity index (χ0v) is 10.4. The van der Waals surface area contributed by atoms with Crippen LogP contribution < -0.4 is 10.5 Å². The molecule has 3 heteroatoms. The normalized spacial score (nSPS) is 11.7. The maximum Gasteiger partial charge on any atom is 0.122 e. The van der Waals surface area contributed by atoms with Gasteiger partial charge in [0.15, 0.2) is 0 Å². The highest BCUT2D eigenvalue weighted by molar-refractivity contribution is 5.85. The van der Waals surface area contributed by atoms with Gasteiger partial charge in [0.25, 0.3) is 0 Å². The molecule has 1 aromatic rings. The molecular weight excluding hydrogens is 210 g/mol. The van der Waals surface area contributed by atoms with E-state index < -0.39 is 0 Å². The third kappa shape index (κ3) is 4.10. The number of hydrogen-bond acceptors (Lipinski definition) is 2. The quantitative estimate of drug-likeness (QED) is 0.862. The minimum atomic E-state index is 0. The van der Waals surface area contributed by atoms with Crippen molar-refractivity contribution in [1.82, 2.24) is 0 Å². The van der Waals surface area contributed by atoms with Crippen LogP contribution in [0.2, 0.25) is 0 Å². The predicted molar refractivity (Wildman–Crippen MR) is 67.0 cm³/mol. The van der Waals surface area contributed by atoms with Crippen molar-refractivity contribution in [2.24, 2.45) is 5.73 Å². The summed E-state index contributed by atoms with van der Waals surface area (Å²) in [6, 6.07) is 6.48. The summed E-state index contributed by atoms with van der Waals surface area (Å²) < 4.78 is 5.29. The Morgan fingerprint density at radius 2 is 2.07 bits per heavy atom. The van der Waals surface area contributed by atoms with Crippen LogP contribution >= 0.6 is 12.4 Å². The molecule has 1 atom stereocenters. The molecule has 1 unspecified atom stereocenters. The van der Waals surface area contributed by atoms with E-state index in [-0.39, 0.29) is 18.4 Å². The molecule has 0 aromatic heterocycles. The van der Waals surface area contributed by atoms with E-state index in [1.165, 1.54) is 11.1 Å². The summed E-state index contributed by atoms with van der Waals surface area (Å²) in [6.45, 7) is 4.16. The molecule has 2 nitrogen and oxygen atoms in total. The number of hydrogen-bond donors (Lipinski definition) is 1. The molecule has 0 bridgehead atoms. The molecular formula is C12H20ClNO. The van der Waals surface area contributed by atoms with Crippen molar-refractivity contribution in [2.75, 3.05) is 7.11 Å². The summed E-state index contributed by atoms with van der Waals surface area (Å²) in [7, 11) is 1.70. The topological polar surface area (TPSA) is 35.2 Å². The Bertz CT molecular complexity index is 300. The van der Waals surface area contributed by atoms with Gasteiger partial charge in [0, 0.05) is 6.04 Å². The average molecular weight is 230 g/mol. The Morgan fingerprint density at radius 1 is 1.40 bits per heavy atom. The second-order valence-electron chi connectivity index (χ2n) is 3.68. The number of nitrogens with two attached hydrogens (primary N) is 1. The summed E-state index contributed by atoms with van der Waals surface area (Å²) in [4.78, 5) is 0. The molecule has 0 radical (unpaired) electrons. The van der Waals surface area contributed by atoms with E-state index >= 15 is 0 Å². The van der Waals surface area contributed by atoms with Crippen LogP contribution in [0.15, 0.2) is 18.2 Å². The highest BCUT2D eigenvalue weighted by Crippen LogP contribution is 2.21. The third-order valence-corrected chi connectivity index (χ3v) is 2.29. The first kappa shape index (κ1) is 14.3. The van der Waals surface area contributed by atoms with Crippen LogP contribution in [0.3, 0.4) is 0 Å². The fourth-order valence-electron chi connectivity index (χ4n) is 1.56. The number of ether oxygens (including phenoxy) is 1. The van der Waals surface area contributed by atoms with Crippen LogP contribution in [0.4, 0.5) is 0 Å². The molecule has 0 saturated carbocycles. The Morgan fingerprint density at radius 3 is 2.53 bits per heavy atom. The first-order valence-electron chi connectivity index (χ1n) is 5.08. The molecule has 1 rings (SSSR count). The lowest BCUT2D eigenvalue weighted by molar-refractivity contribution is 0.408. The van der Waals surface area contributed by atoms with Gasteiger partial charge in [-0.05, 0) is 37.0 Å². The SMILES string of the molecule is CCc1ccc(OC)c(CC(C)N)c1.Cl. The monoisotopic (exact) mass is 229 g/mol. The van der Waals surface area contributed by atoms with Crippen molar-refractivity contribution in [3.63, 3.8) is 0 Å². The van der Waals surface area contributed by atoms with E-state index in [4.69, 9.17) is 10.5 Å². The lowest BCUT2D eigenvalue weighted by Crippen LogP contribution is -2.18. The molecule has 0 heterocycles. The van der Waals surface area contributed by atoms with Gasteiger partial charge < -0.3 is 10.5 Å². The van der Waals surface area contributed by atoms with Crippen LogP contribution in [0.1, 0.15) is 25.0 Å². The number of rotatable bonds is 4. The van der Waals surface area contributed by atoms with Crippen LogP contribution in [0.5, 0.6) is 5.75 Å². The van der Waals surface area contributed by atoms with Gasteiger partial charge in [-0.15, -0.1) is 12.4 Å². The van der Waals surface area contributed by atoms with Crippen LogP contribution in [-0.2, 0) is 12.8 Å². The average Bonchev–Trinajstić information content (AvgIpc) is 2.16. The van der Waals surface area contributed by atoms with Crippen molar-refractivity contribution in [1.29, 1.82) is 0 Å². The van der Waals surface area contributed by atoms with Gasteiger partial charge in [-0.25, -0.2) is 0 Å². The van der Waals surface area contributed by atoms with Gasteiger partial charge in [-0.2, -0.15) is 0 Å². The first-order chi connectivity index (χ1) is 6.67. The zero-order chi connectivity index (χ0) is 10.6. The minimum Gasteiger partial charge on any atom is -0.496 e. The fraction of sp³-hybridized carbons (Fsp3) is 0.500. The smallest absolute Gasteiger partial charge is 0.122 e. The molecule has 0 saturated heterocycles. The fourth-order valence-corrected chi connectivity index (χ4v) is 1.56. The van der Waals surface area contributed by atoms with Gasteiger partial charge in [0.05, 0.1) is 7.11 Å². The first-order valence-corrected chi connectivity index (χ1v) is 5.08. The second-order valence-corrected chi connectivity index (χ2v) is 3.68. The van der Waals surface area contributed by atoms with Crippen LogP contribution in [-0.4, -0.2) is 13.2 Å². The highest BCUT2D eigenvalue weighted by atomic mass is 35.5. The summed E-state index contributed by atoms with van der Waals surface area (Å²) >= 11 is 0. The maximum atomic E-state index is 5.78. The molecule has 2 N–H and O–H groups in total. The van der Waals surface area contributed by atoms with E-state index in [1.54, 1.807) is 7.11 Å². The summed E-state index contributed by atoms with van der Waals surface area (Å²) in [5, 5.41) is 0. The molecule has 0 amide bonds. The maximum absolute atomic E-state index is 5.78.